The summed E-state index contributed by atoms with van der Waals surface area (Å²) >= 11 is 0. The fraction of sp³-hybridized carbons (Fsp3) is 1.00. The Morgan fingerprint density at radius 3 is 2.75 bits per heavy atom. The van der Waals surface area contributed by atoms with Gasteiger partial charge < -0.3 is 10.4 Å². The van der Waals surface area contributed by atoms with Crippen molar-refractivity contribution in [3.63, 3.8) is 0 Å². The van der Waals surface area contributed by atoms with Gasteiger partial charge in [-0.15, -0.1) is 0 Å². The first-order chi connectivity index (χ1) is 5.86. The molecule has 0 bridgehead atoms. The molecule has 0 spiro atoms. The van der Waals surface area contributed by atoms with E-state index in [1.165, 1.54) is 25.8 Å². The lowest BCUT2D eigenvalue weighted by Crippen LogP contribution is -2.38. The van der Waals surface area contributed by atoms with Crippen LogP contribution in [0.5, 0.6) is 0 Å². The molecule has 1 saturated heterocycles. The third-order valence-electron chi connectivity index (χ3n) is 2.91. The highest BCUT2D eigenvalue weighted by atomic mass is 16.2. The second kappa shape index (κ2) is 5.55. The summed E-state index contributed by atoms with van der Waals surface area (Å²) in [7, 11) is 0. The van der Waals surface area contributed by atoms with Gasteiger partial charge in [-0.2, -0.15) is 0 Å². The van der Waals surface area contributed by atoms with Crippen molar-refractivity contribution >= 4 is 0 Å². The molecule has 1 rings (SSSR count). The van der Waals surface area contributed by atoms with Gasteiger partial charge in [0.25, 0.3) is 0 Å². The Balaban J connectivity index is 2.09. The third kappa shape index (κ3) is 3.11. The van der Waals surface area contributed by atoms with Crippen LogP contribution < -0.4 is 5.32 Å². The molecule has 0 radical (unpaired) electrons. The van der Waals surface area contributed by atoms with Crippen LogP contribution in [0.25, 0.3) is 0 Å². The molecule has 0 aliphatic carbocycles. The highest BCUT2D eigenvalue weighted by Gasteiger charge is 2.18. The Labute approximate surface area is 75.4 Å². The number of hydrogen-bond acceptors (Lipinski definition) is 2. The Morgan fingerprint density at radius 2 is 2.25 bits per heavy atom. The average Bonchev–Trinajstić information content (AvgIpc) is 2.15. The third-order valence-corrected chi connectivity index (χ3v) is 2.91. The quantitative estimate of drug-likeness (QED) is 0.672. The molecule has 0 aromatic carbocycles. The standard InChI is InChI=1S/C10H21NO/c1-2-9-5-6-10(11-8-9)4-3-7-12/h9-12H,2-8H2,1H3/t9-,10-/m0/s1. The predicted octanol–water partition coefficient (Wildman–Crippen LogP) is 1.54. The summed E-state index contributed by atoms with van der Waals surface area (Å²) in [6.07, 6.45) is 6.08. The number of rotatable bonds is 4. The Kier molecular flexibility index (Phi) is 4.62. The second-order valence-electron chi connectivity index (χ2n) is 3.82. The number of piperidine rings is 1. The van der Waals surface area contributed by atoms with E-state index in [9.17, 15) is 0 Å². The van der Waals surface area contributed by atoms with Crippen LogP contribution in [0.4, 0.5) is 0 Å². The SMILES string of the molecule is CC[C@H]1CC[C@H](CCCO)NC1. The summed E-state index contributed by atoms with van der Waals surface area (Å²) < 4.78 is 0. The zero-order valence-electron chi connectivity index (χ0n) is 8.05. The normalized spacial score (nSPS) is 30.5. The maximum Gasteiger partial charge on any atom is 0.0431 e. The van der Waals surface area contributed by atoms with Crippen LogP contribution in [0.1, 0.15) is 39.0 Å². The fourth-order valence-electron chi connectivity index (χ4n) is 1.91. The van der Waals surface area contributed by atoms with Crippen molar-refractivity contribution in [3.05, 3.63) is 0 Å². The molecule has 1 heterocycles. The van der Waals surface area contributed by atoms with Crippen molar-refractivity contribution in [2.45, 2.75) is 45.1 Å². The van der Waals surface area contributed by atoms with Gasteiger partial charge in [0.2, 0.25) is 0 Å². The molecule has 0 unspecified atom stereocenters. The fourth-order valence-corrected chi connectivity index (χ4v) is 1.91. The smallest absolute Gasteiger partial charge is 0.0431 e. The molecule has 0 amide bonds. The molecular formula is C10H21NO. The van der Waals surface area contributed by atoms with Crippen LogP contribution in [0.15, 0.2) is 0 Å². The van der Waals surface area contributed by atoms with Gasteiger partial charge >= 0.3 is 0 Å². The summed E-state index contributed by atoms with van der Waals surface area (Å²) in [5.74, 6) is 0.898. The summed E-state index contributed by atoms with van der Waals surface area (Å²) in [5, 5.41) is 12.2. The minimum absolute atomic E-state index is 0.343. The van der Waals surface area contributed by atoms with E-state index in [0.717, 1.165) is 18.8 Å². The van der Waals surface area contributed by atoms with Crippen molar-refractivity contribution < 1.29 is 5.11 Å². The van der Waals surface area contributed by atoms with Crippen molar-refractivity contribution in [2.75, 3.05) is 13.2 Å². The molecule has 0 saturated carbocycles. The zero-order valence-corrected chi connectivity index (χ0v) is 8.05. The topological polar surface area (TPSA) is 32.3 Å². The average molecular weight is 171 g/mol. The highest BCUT2D eigenvalue weighted by Crippen LogP contribution is 2.19. The van der Waals surface area contributed by atoms with Crippen LogP contribution >= 0.6 is 0 Å². The molecule has 2 atom stereocenters. The first-order valence-corrected chi connectivity index (χ1v) is 5.21. The molecular weight excluding hydrogens is 150 g/mol. The molecule has 0 aromatic rings. The van der Waals surface area contributed by atoms with E-state index < -0.39 is 0 Å². The van der Waals surface area contributed by atoms with Gasteiger partial charge in [0.15, 0.2) is 0 Å². The minimum Gasteiger partial charge on any atom is -0.396 e. The lowest BCUT2D eigenvalue weighted by atomic mass is 9.91. The van der Waals surface area contributed by atoms with Crippen molar-refractivity contribution in [3.8, 4) is 0 Å². The van der Waals surface area contributed by atoms with E-state index in [1.807, 2.05) is 0 Å². The number of aliphatic hydroxyl groups excluding tert-OH is 1. The molecule has 2 heteroatoms. The molecule has 12 heavy (non-hydrogen) atoms. The Hall–Kier alpha value is -0.0800. The van der Waals surface area contributed by atoms with E-state index in [1.54, 1.807) is 0 Å². The number of aliphatic hydroxyl groups is 1. The van der Waals surface area contributed by atoms with E-state index in [0.29, 0.717) is 12.6 Å². The van der Waals surface area contributed by atoms with Crippen LogP contribution in [-0.2, 0) is 0 Å². The number of hydrogen-bond donors (Lipinski definition) is 2. The van der Waals surface area contributed by atoms with Gasteiger partial charge in [0.05, 0.1) is 0 Å². The largest absolute Gasteiger partial charge is 0.396 e. The van der Waals surface area contributed by atoms with Crippen LogP contribution in [-0.4, -0.2) is 24.3 Å². The first-order valence-electron chi connectivity index (χ1n) is 5.21. The van der Waals surface area contributed by atoms with E-state index in [-0.39, 0.29) is 0 Å². The lowest BCUT2D eigenvalue weighted by Gasteiger charge is -2.29. The predicted molar refractivity (Wildman–Crippen MR) is 51.1 cm³/mol. The van der Waals surface area contributed by atoms with Gasteiger partial charge in [-0.1, -0.05) is 13.3 Å². The van der Waals surface area contributed by atoms with Gasteiger partial charge in [0.1, 0.15) is 0 Å². The van der Waals surface area contributed by atoms with Crippen LogP contribution in [0.3, 0.4) is 0 Å². The van der Waals surface area contributed by atoms with Crippen LogP contribution in [0, 0.1) is 5.92 Å². The second-order valence-corrected chi connectivity index (χ2v) is 3.82. The molecule has 1 fully saturated rings. The monoisotopic (exact) mass is 171 g/mol. The highest BCUT2D eigenvalue weighted by molar-refractivity contribution is 4.76. The summed E-state index contributed by atoms with van der Waals surface area (Å²) in [6.45, 7) is 3.79. The molecule has 1 aliphatic heterocycles. The summed E-state index contributed by atoms with van der Waals surface area (Å²) in [4.78, 5) is 0. The maximum absolute atomic E-state index is 8.67. The van der Waals surface area contributed by atoms with Crippen molar-refractivity contribution in [1.82, 2.24) is 5.32 Å². The molecule has 72 valence electrons. The van der Waals surface area contributed by atoms with Gasteiger partial charge in [-0.3, -0.25) is 0 Å². The van der Waals surface area contributed by atoms with E-state index in [2.05, 4.69) is 12.2 Å². The Morgan fingerprint density at radius 1 is 1.42 bits per heavy atom. The van der Waals surface area contributed by atoms with Gasteiger partial charge in [-0.25, -0.2) is 0 Å². The minimum atomic E-state index is 0.343. The van der Waals surface area contributed by atoms with Crippen molar-refractivity contribution in [1.29, 1.82) is 0 Å². The van der Waals surface area contributed by atoms with Crippen LogP contribution in [0.2, 0.25) is 0 Å². The summed E-state index contributed by atoms with van der Waals surface area (Å²) in [5.41, 5.74) is 0. The molecule has 1 aliphatic rings. The van der Waals surface area contributed by atoms with Gasteiger partial charge in [-0.05, 0) is 38.1 Å². The molecule has 2 N–H and O–H groups in total. The lowest BCUT2D eigenvalue weighted by molar-refractivity contribution is 0.249. The first kappa shape index (κ1) is 10.0. The summed E-state index contributed by atoms with van der Waals surface area (Å²) in [6, 6.07) is 0.681. The van der Waals surface area contributed by atoms with Gasteiger partial charge in [0, 0.05) is 12.6 Å². The molecule has 0 aromatic heterocycles. The van der Waals surface area contributed by atoms with E-state index in [4.69, 9.17) is 5.11 Å². The Bertz CT molecular complexity index is 108. The zero-order chi connectivity index (χ0) is 8.81. The molecule has 2 nitrogen and oxygen atoms in total. The van der Waals surface area contributed by atoms with E-state index >= 15 is 0 Å². The van der Waals surface area contributed by atoms with Crippen molar-refractivity contribution in [2.24, 2.45) is 5.92 Å². The maximum atomic E-state index is 8.67. The number of nitrogens with one attached hydrogen (secondary N) is 1.